The van der Waals surface area contributed by atoms with Crippen LogP contribution < -0.4 is 15.8 Å². The molecule has 3 N–H and O–H groups in total. The zero-order chi connectivity index (χ0) is 21.7. The van der Waals surface area contributed by atoms with Gasteiger partial charge in [0.25, 0.3) is 5.91 Å². The van der Waals surface area contributed by atoms with Gasteiger partial charge in [-0.05, 0) is 43.2 Å². The lowest BCUT2D eigenvalue weighted by molar-refractivity contribution is -0.119. The van der Waals surface area contributed by atoms with E-state index in [1.807, 2.05) is 6.92 Å². The third kappa shape index (κ3) is 4.79. The first-order valence-corrected chi connectivity index (χ1v) is 10.7. The Morgan fingerprint density at radius 1 is 1.33 bits per heavy atom. The fraction of sp³-hybridized carbons (Fsp3) is 0.500. The SMILES string of the molecule is CCC(NC(=O)C1=CC(Cl)C(N)(N2CCCCC2)C(OC)=C1)Oc1ccc(F)cc1. The Morgan fingerprint density at radius 2 is 2.00 bits per heavy atom. The molecular formula is C22H29ClFN3O3. The van der Waals surface area contributed by atoms with Crippen molar-refractivity contribution in [1.29, 1.82) is 0 Å². The van der Waals surface area contributed by atoms with E-state index in [0.29, 0.717) is 23.5 Å². The number of nitrogens with one attached hydrogen (secondary N) is 1. The second kappa shape index (κ2) is 9.81. The summed E-state index contributed by atoms with van der Waals surface area (Å²) < 4.78 is 24.4. The number of hydrogen-bond acceptors (Lipinski definition) is 5. The first kappa shape index (κ1) is 22.6. The normalized spacial score (nSPS) is 25.7. The first-order valence-electron chi connectivity index (χ1n) is 10.3. The topological polar surface area (TPSA) is 76.8 Å². The summed E-state index contributed by atoms with van der Waals surface area (Å²) in [5, 5.41) is 2.21. The Kier molecular flexibility index (Phi) is 7.39. The van der Waals surface area contributed by atoms with Crippen LogP contribution in [0.15, 0.2) is 47.7 Å². The van der Waals surface area contributed by atoms with Gasteiger partial charge in [0.05, 0.1) is 12.5 Å². The number of rotatable bonds is 7. The smallest absolute Gasteiger partial charge is 0.253 e. The third-order valence-electron chi connectivity index (χ3n) is 5.54. The molecule has 3 unspecified atom stereocenters. The lowest BCUT2D eigenvalue weighted by atomic mass is 9.90. The number of carbonyl (C=O) groups excluding carboxylic acids is 1. The molecule has 1 saturated heterocycles. The molecule has 1 fully saturated rings. The number of ether oxygens (including phenoxy) is 2. The minimum Gasteiger partial charge on any atom is -0.498 e. The van der Waals surface area contributed by atoms with Crippen LogP contribution in [-0.2, 0) is 9.53 Å². The van der Waals surface area contributed by atoms with E-state index in [1.165, 1.54) is 37.8 Å². The third-order valence-corrected chi connectivity index (χ3v) is 6.00. The van der Waals surface area contributed by atoms with E-state index in [0.717, 1.165) is 25.9 Å². The van der Waals surface area contributed by atoms with Gasteiger partial charge in [0, 0.05) is 25.1 Å². The van der Waals surface area contributed by atoms with Crippen LogP contribution in [0.3, 0.4) is 0 Å². The van der Waals surface area contributed by atoms with Gasteiger partial charge < -0.3 is 20.5 Å². The van der Waals surface area contributed by atoms with Crippen molar-refractivity contribution < 1.29 is 18.7 Å². The molecule has 1 amide bonds. The van der Waals surface area contributed by atoms with E-state index in [4.69, 9.17) is 26.8 Å². The number of benzene rings is 1. The maximum atomic E-state index is 13.1. The molecule has 0 radical (unpaired) electrons. The molecule has 1 aromatic carbocycles. The minimum atomic E-state index is -0.991. The van der Waals surface area contributed by atoms with Crippen molar-refractivity contribution in [3.63, 3.8) is 0 Å². The monoisotopic (exact) mass is 437 g/mol. The minimum absolute atomic E-state index is 0.343. The molecule has 0 saturated carbocycles. The summed E-state index contributed by atoms with van der Waals surface area (Å²) in [7, 11) is 1.54. The number of nitrogens with zero attached hydrogens (tertiary/aromatic N) is 1. The number of alkyl halides is 1. The summed E-state index contributed by atoms with van der Waals surface area (Å²) in [6.07, 6.45) is 6.53. The number of nitrogens with two attached hydrogens (primary N) is 1. The average Bonchev–Trinajstić information content (AvgIpc) is 2.76. The highest BCUT2D eigenvalue weighted by atomic mass is 35.5. The Bertz CT molecular complexity index is 808. The van der Waals surface area contributed by atoms with Crippen LogP contribution in [0.2, 0.25) is 0 Å². The highest BCUT2D eigenvalue weighted by Crippen LogP contribution is 2.35. The molecule has 164 valence electrons. The Morgan fingerprint density at radius 3 is 2.60 bits per heavy atom. The number of piperidine rings is 1. The molecule has 8 heteroatoms. The van der Waals surface area contributed by atoms with Crippen molar-refractivity contribution >= 4 is 17.5 Å². The van der Waals surface area contributed by atoms with Gasteiger partial charge in [-0.15, -0.1) is 11.6 Å². The standard InChI is InChI=1S/C22H29ClFN3O3/c1-3-20(30-17-9-7-16(24)8-10-17)26-21(28)15-13-18(23)22(25,19(14-15)29-2)27-11-5-4-6-12-27/h7-10,13-14,18,20H,3-6,11-12,25H2,1-2H3,(H,26,28). The van der Waals surface area contributed by atoms with Crippen LogP contribution in [0, 0.1) is 5.82 Å². The highest BCUT2D eigenvalue weighted by molar-refractivity contribution is 6.23. The summed E-state index contributed by atoms with van der Waals surface area (Å²) in [5.74, 6) is 0.237. The zero-order valence-electron chi connectivity index (χ0n) is 17.4. The molecule has 0 aromatic heterocycles. The van der Waals surface area contributed by atoms with E-state index in [2.05, 4.69) is 10.2 Å². The second-order valence-electron chi connectivity index (χ2n) is 7.55. The second-order valence-corrected chi connectivity index (χ2v) is 8.02. The van der Waals surface area contributed by atoms with Crippen LogP contribution >= 0.6 is 11.6 Å². The quantitative estimate of drug-likeness (QED) is 0.505. The molecule has 1 aromatic rings. The molecule has 0 bridgehead atoms. The molecule has 30 heavy (non-hydrogen) atoms. The van der Waals surface area contributed by atoms with Crippen molar-refractivity contribution in [2.45, 2.75) is 49.9 Å². The Hall–Kier alpha value is -2.09. The predicted octanol–water partition coefficient (Wildman–Crippen LogP) is 3.28. The Balaban J connectivity index is 1.73. The summed E-state index contributed by atoms with van der Waals surface area (Å²) >= 11 is 6.67. The van der Waals surface area contributed by atoms with Gasteiger partial charge in [0.2, 0.25) is 0 Å². The fourth-order valence-electron chi connectivity index (χ4n) is 3.81. The van der Waals surface area contributed by atoms with Gasteiger partial charge in [-0.25, -0.2) is 4.39 Å². The van der Waals surface area contributed by atoms with E-state index in [1.54, 1.807) is 12.2 Å². The van der Waals surface area contributed by atoms with Gasteiger partial charge in [-0.2, -0.15) is 0 Å². The molecule has 1 aliphatic carbocycles. The van der Waals surface area contributed by atoms with Crippen molar-refractivity contribution in [3.05, 3.63) is 53.6 Å². The summed E-state index contributed by atoms with van der Waals surface area (Å²) in [5.41, 5.74) is 6.08. The molecule has 2 aliphatic rings. The molecule has 0 spiro atoms. The molecule has 6 nitrogen and oxygen atoms in total. The van der Waals surface area contributed by atoms with Gasteiger partial charge >= 0.3 is 0 Å². The number of halogens is 2. The maximum absolute atomic E-state index is 13.1. The summed E-state index contributed by atoms with van der Waals surface area (Å²) in [6.45, 7) is 3.55. The lowest BCUT2D eigenvalue weighted by Crippen LogP contribution is -2.65. The van der Waals surface area contributed by atoms with Crippen LogP contribution in [0.1, 0.15) is 32.6 Å². The number of amides is 1. The predicted molar refractivity (Wildman–Crippen MR) is 114 cm³/mol. The van der Waals surface area contributed by atoms with Crippen molar-refractivity contribution in [2.75, 3.05) is 20.2 Å². The van der Waals surface area contributed by atoms with Crippen LogP contribution in [-0.4, -0.2) is 48.3 Å². The van der Waals surface area contributed by atoms with Gasteiger partial charge in [-0.3, -0.25) is 9.69 Å². The van der Waals surface area contributed by atoms with Crippen LogP contribution in [0.25, 0.3) is 0 Å². The van der Waals surface area contributed by atoms with E-state index >= 15 is 0 Å². The number of methoxy groups -OCH3 is 1. The van der Waals surface area contributed by atoms with Crippen molar-refractivity contribution in [1.82, 2.24) is 10.2 Å². The molecule has 3 rings (SSSR count). The summed E-state index contributed by atoms with van der Waals surface area (Å²) in [4.78, 5) is 15.0. The van der Waals surface area contributed by atoms with Crippen LogP contribution in [0.5, 0.6) is 5.75 Å². The first-order chi connectivity index (χ1) is 14.4. The largest absolute Gasteiger partial charge is 0.498 e. The molecule has 1 aliphatic heterocycles. The number of hydrogen-bond donors (Lipinski definition) is 2. The van der Waals surface area contributed by atoms with E-state index in [-0.39, 0.29) is 11.7 Å². The van der Waals surface area contributed by atoms with Gasteiger partial charge in [0.15, 0.2) is 6.23 Å². The van der Waals surface area contributed by atoms with E-state index < -0.39 is 17.3 Å². The molecule has 1 heterocycles. The lowest BCUT2D eigenvalue weighted by Gasteiger charge is -2.46. The highest BCUT2D eigenvalue weighted by Gasteiger charge is 2.46. The zero-order valence-corrected chi connectivity index (χ0v) is 18.1. The molecule has 3 atom stereocenters. The molecular weight excluding hydrogens is 409 g/mol. The average molecular weight is 438 g/mol. The number of likely N-dealkylation sites (tertiary alicyclic amines) is 1. The Labute approximate surface area is 181 Å². The van der Waals surface area contributed by atoms with Crippen molar-refractivity contribution in [2.24, 2.45) is 5.73 Å². The summed E-state index contributed by atoms with van der Waals surface area (Å²) in [6, 6.07) is 5.65. The maximum Gasteiger partial charge on any atom is 0.253 e. The van der Waals surface area contributed by atoms with Crippen molar-refractivity contribution in [3.8, 4) is 5.75 Å². The van der Waals surface area contributed by atoms with Gasteiger partial charge in [-0.1, -0.05) is 19.4 Å². The van der Waals surface area contributed by atoms with Gasteiger partial charge in [0.1, 0.15) is 23.0 Å². The number of carbonyl (C=O) groups is 1. The fourth-order valence-corrected chi connectivity index (χ4v) is 4.19. The van der Waals surface area contributed by atoms with E-state index in [9.17, 15) is 9.18 Å². The van der Waals surface area contributed by atoms with Crippen LogP contribution in [0.4, 0.5) is 4.39 Å².